The summed E-state index contributed by atoms with van der Waals surface area (Å²) in [5.74, 6) is -0.131. The lowest BCUT2D eigenvalue weighted by atomic mass is 10.0. The number of amides is 1. The van der Waals surface area contributed by atoms with E-state index in [1.807, 2.05) is 13.8 Å². The van der Waals surface area contributed by atoms with Gasteiger partial charge in [-0.3, -0.25) is 4.79 Å². The van der Waals surface area contributed by atoms with Gasteiger partial charge in [-0.1, -0.05) is 13.8 Å². The van der Waals surface area contributed by atoms with Gasteiger partial charge >= 0.3 is 0 Å². The van der Waals surface area contributed by atoms with Crippen molar-refractivity contribution in [3.05, 3.63) is 0 Å². The average molecular weight is 202 g/mol. The molecule has 5 nitrogen and oxygen atoms in total. The van der Waals surface area contributed by atoms with Gasteiger partial charge in [0, 0.05) is 13.1 Å². The van der Waals surface area contributed by atoms with Crippen LogP contribution in [-0.2, 0) is 4.79 Å². The molecule has 5 heteroatoms. The minimum atomic E-state index is -0.835. The van der Waals surface area contributed by atoms with Crippen LogP contribution in [0.4, 0.5) is 0 Å². The molecule has 0 aromatic carbocycles. The molecule has 0 saturated carbocycles. The monoisotopic (exact) mass is 202 g/mol. The van der Waals surface area contributed by atoms with E-state index in [1.54, 1.807) is 0 Å². The van der Waals surface area contributed by atoms with Crippen LogP contribution >= 0.6 is 0 Å². The van der Waals surface area contributed by atoms with Crippen molar-refractivity contribution in [2.24, 2.45) is 11.7 Å². The Kier molecular flexibility index (Phi) is 3.47. The first-order chi connectivity index (χ1) is 6.43. The number of hydrogen-bond donors (Lipinski definition) is 3. The van der Waals surface area contributed by atoms with Gasteiger partial charge < -0.3 is 20.8 Å². The van der Waals surface area contributed by atoms with E-state index in [9.17, 15) is 15.0 Å². The van der Waals surface area contributed by atoms with Crippen molar-refractivity contribution < 1.29 is 15.0 Å². The molecular weight excluding hydrogens is 184 g/mol. The summed E-state index contributed by atoms with van der Waals surface area (Å²) in [6, 6.07) is -0.549. The van der Waals surface area contributed by atoms with E-state index in [1.165, 1.54) is 4.90 Å². The van der Waals surface area contributed by atoms with Crippen molar-refractivity contribution in [1.29, 1.82) is 0 Å². The largest absolute Gasteiger partial charge is 0.388 e. The van der Waals surface area contributed by atoms with Crippen molar-refractivity contribution in [3.8, 4) is 0 Å². The van der Waals surface area contributed by atoms with Crippen LogP contribution in [0.25, 0.3) is 0 Å². The summed E-state index contributed by atoms with van der Waals surface area (Å²) in [6.45, 7) is 4.10. The predicted molar refractivity (Wildman–Crippen MR) is 51.4 cm³/mol. The summed E-state index contributed by atoms with van der Waals surface area (Å²) < 4.78 is 0. The third-order valence-electron chi connectivity index (χ3n) is 2.57. The highest BCUT2D eigenvalue weighted by Gasteiger charge is 2.35. The number of nitrogens with zero attached hydrogens (tertiary/aromatic N) is 1. The lowest BCUT2D eigenvalue weighted by molar-refractivity contribution is -0.133. The van der Waals surface area contributed by atoms with Gasteiger partial charge in [-0.2, -0.15) is 0 Å². The predicted octanol–water partition coefficient (Wildman–Crippen LogP) is -1.47. The lowest BCUT2D eigenvalue weighted by Crippen LogP contribution is -2.46. The molecule has 4 N–H and O–H groups in total. The Balaban J connectivity index is 2.55. The van der Waals surface area contributed by atoms with Gasteiger partial charge in [-0.05, 0) is 5.92 Å². The fraction of sp³-hybridized carbons (Fsp3) is 0.889. The van der Waals surface area contributed by atoms with Crippen LogP contribution in [0.5, 0.6) is 0 Å². The van der Waals surface area contributed by atoms with E-state index < -0.39 is 18.2 Å². The molecule has 0 aromatic rings. The van der Waals surface area contributed by atoms with Gasteiger partial charge in [0.25, 0.3) is 0 Å². The Labute approximate surface area is 83.5 Å². The first kappa shape index (κ1) is 11.4. The third kappa shape index (κ3) is 2.23. The normalized spacial score (nSPS) is 29.7. The van der Waals surface area contributed by atoms with Crippen LogP contribution in [0.1, 0.15) is 13.8 Å². The van der Waals surface area contributed by atoms with Gasteiger partial charge in [0.15, 0.2) is 0 Å². The van der Waals surface area contributed by atoms with Crippen LogP contribution in [0.3, 0.4) is 0 Å². The van der Waals surface area contributed by atoms with E-state index in [0.29, 0.717) is 0 Å². The van der Waals surface area contributed by atoms with Gasteiger partial charge in [-0.25, -0.2) is 0 Å². The van der Waals surface area contributed by atoms with E-state index in [4.69, 9.17) is 5.73 Å². The molecule has 0 aliphatic carbocycles. The first-order valence-electron chi connectivity index (χ1n) is 4.84. The van der Waals surface area contributed by atoms with Crippen molar-refractivity contribution in [2.45, 2.75) is 32.1 Å². The van der Waals surface area contributed by atoms with Crippen LogP contribution in [-0.4, -0.2) is 52.4 Å². The third-order valence-corrected chi connectivity index (χ3v) is 2.57. The summed E-state index contributed by atoms with van der Waals surface area (Å²) in [5, 5.41) is 18.5. The smallest absolute Gasteiger partial charge is 0.239 e. The fourth-order valence-electron chi connectivity index (χ4n) is 1.45. The highest BCUT2D eigenvalue weighted by molar-refractivity contribution is 5.82. The Morgan fingerprint density at radius 1 is 1.36 bits per heavy atom. The van der Waals surface area contributed by atoms with Gasteiger partial charge in [0.05, 0.1) is 18.2 Å². The SMILES string of the molecule is CC(C)[C@@H](N)C(=O)N1C[C@@H](O)[C@@H](O)C1. The molecule has 1 aliphatic heterocycles. The molecular formula is C9H18N2O3. The van der Waals surface area contributed by atoms with Crippen LogP contribution in [0, 0.1) is 5.92 Å². The topological polar surface area (TPSA) is 86.8 Å². The van der Waals surface area contributed by atoms with Crippen molar-refractivity contribution in [3.63, 3.8) is 0 Å². The van der Waals surface area contributed by atoms with Gasteiger partial charge in [0.1, 0.15) is 0 Å². The zero-order valence-corrected chi connectivity index (χ0v) is 8.55. The van der Waals surface area contributed by atoms with Crippen molar-refractivity contribution >= 4 is 5.91 Å². The zero-order valence-electron chi connectivity index (χ0n) is 8.55. The summed E-state index contributed by atoms with van der Waals surface area (Å²) in [7, 11) is 0. The molecule has 1 heterocycles. The minimum absolute atomic E-state index is 0.0670. The van der Waals surface area contributed by atoms with Crippen LogP contribution in [0.15, 0.2) is 0 Å². The summed E-state index contributed by atoms with van der Waals surface area (Å²) >= 11 is 0. The summed E-state index contributed by atoms with van der Waals surface area (Å²) in [4.78, 5) is 13.1. The second-order valence-corrected chi connectivity index (χ2v) is 4.15. The second kappa shape index (κ2) is 4.25. The van der Waals surface area contributed by atoms with E-state index in [2.05, 4.69) is 0 Å². The highest BCUT2D eigenvalue weighted by atomic mass is 16.3. The van der Waals surface area contributed by atoms with Crippen molar-refractivity contribution in [1.82, 2.24) is 4.90 Å². The standard InChI is InChI=1S/C9H18N2O3/c1-5(2)8(10)9(14)11-3-6(12)7(13)4-11/h5-8,12-13H,3-4,10H2,1-2H3/t6-,7+,8-/m1/s1. The maximum absolute atomic E-state index is 11.7. The summed E-state index contributed by atoms with van der Waals surface area (Å²) in [6.07, 6.45) is -1.67. The van der Waals surface area contributed by atoms with Gasteiger partial charge in [-0.15, -0.1) is 0 Å². The molecule has 0 radical (unpaired) electrons. The number of rotatable bonds is 2. The van der Waals surface area contributed by atoms with E-state index in [0.717, 1.165) is 0 Å². The van der Waals surface area contributed by atoms with Crippen molar-refractivity contribution in [2.75, 3.05) is 13.1 Å². The molecule has 1 aliphatic rings. The maximum atomic E-state index is 11.7. The zero-order chi connectivity index (χ0) is 10.9. The van der Waals surface area contributed by atoms with Crippen LogP contribution < -0.4 is 5.73 Å². The number of aliphatic hydroxyl groups excluding tert-OH is 2. The molecule has 0 aromatic heterocycles. The van der Waals surface area contributed by atoms with E-state index >= 15 is 0 Å². The number of β-amino-alcohol motifs (C(OH)–C–C–N with tert-alkyl or cyclic N) is 2. The molecule has 82 valence electrons. The number of aliphatic hydroxyl groups is 2. The number of carbonyl (C=O) groups excluding carboxylic acids is 1. The molecule has 0 bridgehead atoms. The summed E-state index contributed by atoms with van der Waals surface area (Å²) in [5.41, 5.74) is 5.68. The molecule has 0 unspecified atom stereocenters. The minimum Gasteiger partial charge on any atom is -0.388 e. The molecule has 3 atom stereocenters. The second-order valence-electron chi connectivity index (χ2n) is 4.15. The molecule has 1 amide bonds. The molecule has 14 heavy (non-hydrogen) atoms. The number of likely N-dealkylation sites (tertiary alicyclic amines) is 1. The number of carbonyl (C=O) groups is 1. The molecule has 1 fully saturated rings. The maximum Gasteiger partial charge on any atom is 0.239 e. The Hall–Kier alpha value is -0.650. The fourth-order valence-corrected chi connectivity index (χ4v) is 1.45. The highest BCUT2D eigenvalue weighted by Crippen LogP contribution is 2.13. The Morgan fingerprint density at radius 3 is 2.14 bits per heavy atom. The first-order valence-corrected chi connectivity index (χ1v) is 4.84. The number of nitrogens with two attached hydrogens (primary N) is 1. The lowest BCUT2D eigenvalue weighted by Gasteiger charge is -2.22. The molecule has 0 spiro atoms. The number of hydrogen-bond acceptors (Lipinski definition) is 4. The Bertz CT molecular complexity index is 210. The van der Waals surface area contributed by atoms with E-state index in [-0.39, 0.29) is 24.9 Å². The molecule has 1 saturated heterocycles. The molecule has 1 rings (SSSR count). The van der Waals surface area contributed by atoms with Crippen LogP contribution in [0.2, 0.25) is 0 Å². The average Bonchev–Trinajstić information content (AvgIpc) is 2.44. The quantitative estimate of drug-likeness (QED) is 0.510. The van der Waals surface area contributed by atoms with Gasteiger partial charge in [0.2, 0.25) is 5.91 Å². The Morgan fingerprint density at radius 2 is 1.79 bits per heavy atom.